The molecule has 0 spiro atoms. The van der Waals surface area contributed by atoms with Crippen molar-refractivity contribution in [2.45, 2.75) is 26.2 Å². The Morgan fingerprint density at radius 2 is 1.67 bits per heavy atom. The van der Waals surface area contributed by atoms with Gasteiger partial charge in [-0.15, -0.1) is 0 Å². The number of anilines is 1. The average molecular weight is 407 g/mol. The lowest BCUT2D eigenvalue weighted by Crippen LogP contribution is -2.39. The highest BCUT2D eigenvalue weighted by molar-refractivity contribution is 6.10. The first-order valence-electron chi connectivity index (χ1n) is 10.7. The summed E-state index contributed by atoms with van der Waals surface area (Å²) in [5.41, 5.74) is 1.80. The van der Waals surface area contributed by atoms with Gasteiger partial charge in [-0.05, 0) is 55.7 Å². The van der Waals surface area contributed by atoms with Gasteiger partial charge in [0.1, 0.15) is 6.54 Å². The first-order chi connectivity index (χ1) is 14.5. The summed E-state index contributed by atoms with van der Waals surface area (Å²) in [6.45, 7) is 3.03. The SMILES string of the molecule is Cc1c(NC(=O)CN2C(=O)C3C4C=CC(C4)C3C2=O)cccc1C(=O)N1CCCC1. The second-order valence-electron chi connectivity index (χ2n) is 8.79. The maximum atomic E-state index is 12.8. The molecule has 156 valence electrons. The van der Waals surface area contributed by atoms with Crippen molar-refractivity contribution >= 4 is 29.3 Å². The molecule has 0 radical (unpaired) electrons. The minimum atomic E-state index is -0.425. The third-order valence-corrected chi connectivity index (χ3v) is 7.09. The van der Waals surface area contributed by atoms with Crippen molar-refractivity contribution in [3.05, 3.63) is 41.5 Å². The number of likely N-dealkylation sites (tertiary alicyclic amines) is 2. The van der Waals surface area contributed by atoms with Crippen LogP contribution in [0.2, 0.25) is 0 Å². The zero-order valence-corrected chi connectivity index (χ0v) is 17.0. The van der Waals surface area contributed by atoms with E-state index in [1.807, 2.05) is 17.1 Å². The van der Waals surface area contributed by atoms with Crippen LogP contribution in [0.15, 0.2) is 30.4 Å². The van der Waals surface area contributed by atoms with E-state index in [1.165, 1.54) is 0 Å². The number of hydrogen-bond donors (Lipinski definition) is 1. The van der Waals surface area contributed by atoms with Crippen LogP contribution in [0.4, 0.5) is 5.69 Å². The van der Waals surface area contributed by atoms with Gasteiger partial charge in [0, 0.05) is 24.3 Å². The number of carbonyl (C=O) groups is 4. The summed E-state index contributed by atoms with van der Waals surface area (Å²) >= 11 is 0. The number of benzene rings is 1. The van der Waals surface area contributed by atoms with Crippen LogP contribution in [-0.4, -0.2) is 53.1 Å². The van der Waals surface area contributed by atoms with Gasteiger partial charge in [0.05, 0.1) is 11.8 Å². The monoisotopic (exact) mass is 407 g/mol. The normalized spacial score (nSPS) is 29.1. The van der Waals surface area contributed by atoms with E-state index < -0.39 is 5.91 Å². The molecule has 1 N–H and O–H groups in total. The first kappa shape index (κ1) is 19.0. The fourth-order valence-electron chi connectivity index (χ4n) is 5.55. The highest BCUT2D eigenvalue weighted by atomic mass is 16.2. The smallest absolute Gasteiger partial charge is 0.254 e. The number of nitrogens with one attached hydrogen (secondary N) is 1. The van der Waals surface area contributed by atoms with E-state index in [4.69, 9.17) is 0 Å². The lowest BCUT2D eigenvalue weighted by atomic mass is 9.85. The lowest BCUT2D eigenvalue weighted by Gasteiger charge is -2.19. The second-order valence-corrected chi connectivity index (χ2v) is 8.79. The molecule has 2 aliphatic carbocycles. The van der Waals surface area contributed by atoms with Crippen LogP contribution in [0.5, 0.6) is 0 Å². The van der Waals surface area contributed by atoms with Crippen molar-refractivity contribution in [1.29, 1.82) is 0 Å². The molecule has 4 unspecified atom stereocenters. The van der Waals surface area contributed by atoms with Crippen LogP contribution in [0.3, 0.4) is 0 Å². The van der Waals surface area contributed by atoms with Gasteiger partial charge in [-0.2, -0.15) is 0 Å². The molecule has 30 heavy (non-hydrogen) atoms. The maximum Gasteiger partial charge on any atom is 0.254 e. The molecule has 2 aliphatic heterocycles. The molecular formula is C23H25N3O4. The topological polar surface area (TPSA) is 86.8 Å². The summed E-state index contributed by atoms with van der Waals surface area (Å²) in [5, 5.41) is 2.80. The number of allylic oxidation sites excluding steroid dienone is 2. The van der Waals surface area contributed by atoms with Crippen molar-refractivity contribution in [3.63, 3.8) is 0 Å². The third kappa shape index (κ3) is 2.87. The number of amides is 4. The van der Waals surface area contributed by atoms with Crippen LogP contribution in [-0.2, 0) is 14.4 Å². The van der Waals surface area contributed by atoms with E-state index in [1.54, 1.807) is 25.1 Å². The minimum absolute atomic E-state index is 0.0261. The predicted octanol–water partition coefficient (Wildman–Crippen LogP) is 1.98. The third-order valence-electron chi connectivity index (χ3n) is 7.09. The first-order valence-corrected chi connectivity index (χ1v) is 10.7. The molecule has 1 saturated carbocycles. The molecule has 2 saturated heterocycles. The van der Waals surface area contributed by atoms with Crippen molar-refractivity contribution in [2.75, 3.05) is 25.0 Å². The van der Waals surface area contributed by atoms with Gasteiger partial charge in [0.15, 0.2) is 0 Å². The van der Waals surface area contributed by atoms with Gasteiger partial charge in [-0.3, -0.25) is 24.1 Å². The molecule has 2 heterocycles. The Balaban J connectivity index is 1.28. The quantitative estimate of drug-likeness (QED) is 0.611. The Kier molecular flexibility index (Phi) is 4.49. The number of carbonyl (C=O) groups excluding carboxylic acids is 4. The highest BCUT2D eigenvalue weighted by Gasteiger charge is 2.59. The predicted molar refractivity (Wildman–Crippen MR) is 109 cm³/mol. The Morgan fingerprint density at radius 1 is 1.03 bits per heavy atom. The average Bonchev–Trinajstić information content (AvgIpc) is 3.51. The fraction of sp³-hybridized carbons (Fsp3) is 0.478. The minimum Gasteiger partial charge on any atom is -0.339 e. The molecule has 4 amide bonds. The van der Waals surface area contributed by atoms with Crippen LogP contribution in [0, 0.1) is 30.6 Å². The molecule has 5 rings (SSSR count). The Labute approximate surface area is 175 Å². The molecule has 4 atom stereocenters. The van der Waals surface area contributed by atoms with Gasteiger partial charge < -0.3 is 10.2 Å². The summed E-state index contributed by atoms with van der Waals surface area (Å²) in [6.07, 6.45) is 6.96. The molecule has 1 aromatic rings. The van der Waals surface area contributed by atoms with Crippen molar-refractivity contribution in [1.82, 2.24) is 9.80 Å². The van der Waals surface area contributed by atoms with E-state index in [2.05, 4.69) is 5.32 Å². The zero-order valence-electron chi connectivity index (χ0n) is 17.0. The van der Waals surface area contributed by atoms with Crippen LogP contribution in [0.25, 0.3) is 0 Å². The van der Waals surface area contributed by atoms with Gasteiger partial charge >= 0.3 is 0 Å². The van der Waals surface area contributed by atoms with Crippen molar-refractivity contribution in [3.8, 4) is 0 Å². The second kappa shape index (κ2) is 7.07. The molecule has 3 fully saturated rings. The van der Waals surface area contributed by atoms with Crippen LogP contribution >= 0.6 is 0 Å². The highest BCUT2D eigenvalue weighted by Crippen LogP contribution is 2.52. The van der Waals surface area contributed by atoms with Crippen molar-refractivity contribution in [2.24, 2.45) is 23.7 Å². The largest absolute Gasteiger partial charge is 0.339 e. The molecule has 0 aromatic heterocycles. The summed E-state index contributed by atoms with van der Waals surface area (Å²) in [5.74, 6) is -1.27. The van der Waals surface area contributed by atoms with E-state index in [0.29, 0.717) is 16.8 Å². The summed E-state index contributed by atoms with van der Waals surface area (Å²) in [7, 11) is 0. The van der Waals surface area contributed by atoms with Crippen LogP contribution in [0.1, 0.15) is 35.2 Å². The maximum absolute atomic E-state index is 12.8. The summed E-state index contributed by atoms with van der Waals surface area (Å²) < 4.78 is 0. The van der Waals surface area contributed by atoms with Crippen molar-refractivity contribution < 1.29 is 19.2 Å². The van der Waals surface area contributed by atoms with Gasteiger partial charge in [0.2, 0.25) is 17.7 Å². The number of hydrogen-bond acceptors (Lipinski definition) is 4. The summed E-state index contributed by atoms with van der Waals surface area (Å²) in [6, 6.07) is 5.25. The molecule has 4 aliphatic rings. The van der Waals surface area contributed by atoms with E-state index in [9.17, 15) is 19.2 Å². The van der Waals surface area contributed by atoms with Gasteiger partial charge in [0.25, 0.3) is 5.91 Å². The molecule has 7 heteroatoms. The number of imide groups is 1. The number of nitrogens with zero attached hydrogens (tertiary/aromatic N) is 2. The Bertz CT molecular complexity index is 949. The van der Waals surface area contributed by atoms with E-state index in [-0.39, 0.29) is 47.9 Å². The van der Waals surface area contributed by atoms with Gasteiger partial charge in [-0.1, -0.05) is 18.2 Å². The lowest BCUT2D eigenvalue weighted by molar-refractivity contribution is -0.143. The Hall–Kier alpha value is -2.96. The van der Waals surface area contributed by atoms with E-state index in [0.717, 1.165) is 37.3 Å². The fourth-order valence-corrected chi connectivity index (χ4v) is 5.55. The Morgan fingerprint density at radius 3 is 2.30 bits per heavy atom. The summed E-state index contributed by atoms with van der Waals surface area (Å²) in [4.78, 5) is 53.9. The van der Waals surface area contributed by atoms with Crippen LogP contribution < -0.4 is 5.32 Å². The molecule has 7 nitrogen and oxygen atoms in total. The standard InChI is InChI=1S/C23H25N3O4/c1-13-16(21(28)25-9-2-3-10-25)5-4-6-17(13)24-18(27)12-26-22(29)19-14-7-8-15(11-14)20(19)23(26)30/h4-8,14-15,19-20H,2-3,9-12H2,1H3,(H,24,27). The molecular weight excluding hydrogens is 382 g/mol. The number of rotatable bonds is 4. The number of fused-ring (bicyclic) bond motifs is 5. The van der Waals surface area contributed by atoms with E-state index >= 15 is 0 Å². The molecule has 1 aromatic carbocycles. The molecule has 2 bridgehead atoms. The van der Waals surface area contributed by atoms with Gasteiger partial charge in [-0.25, -0.2) is 0 Å². The zero-order chi connectivity index (χ0) is 21.0.